The summed E-state index contributed by atoms with van der Waals surface area (Å²) >= 11 is 0. The molecule has 0 bridgehead atoms. The molecule has 2 aliphatic rings. The van der Waals surface area contributed by atoms with Crippen LogP contribution >= 0.6 is 0 Å². The van der Waals surface area contributed by atoms with E-state index in [0.29, 0.717) is 19.4 Å². The highest BCUT2D eigenvalue weighted by atomic mass is 16.7. The Morgan fingerprint density at radius 1 is 1.16 bits per heavy atom. The van der Waals surface area contributed by atoms with Gasteiger partial charge in [0.15, 0.2) is 5.79 Å². The minimum absolute atomic E-state index is 0.0139. The molecule has 1 N–H and O–H groups in total. The SMILES string of the molecule is COc1ccc(Cc2ccc3c(c2)[C@]2(CC(O)CC(C)O2)OC3)cc1. The maximum Gasteiger partial charge on any atom is 0.198 e. The first-order chi connectivity index (χ1) is 12.1. The van der Waals surface area contributed by atoms with E-state index in [1.807, 2.05) is 19.1 Å². The molecule has 2 heterocycles. The van der Waals surface area contributed by atoms with Gasteiger partial charge in [0.1, 0.15) is 5.75 Å². The van der Waals surface area contributed by atoms with E-state index >= 15 is 0 Å². The topological polar surface area (TPSA) is 47.9 Å². The van der Waals surface area contributed by atoms with Crippen molar-refractivity contribution in [2.45, 2.75) is 50.8 Å². The summed E-state index contributed by atoms with van der Waals surface area (Å²) in [5, 5.41) is 10.2. The van der Waals surface area contributed by atoms with Crippen LogP contribution in [-0.4, -0.2) is 24.4 Å². The first-order valence-electron chi connectivity index (χ1n) is 8.83. The number of ether oxygens (including phenoxy) is 3. The molecule has 0 amide bonds. The number of fused-ring (bicyclic) bond motifs is 2. The van der Waals surface area contributed by atoms with Crippen LogP contribution in [0.15, 0.2) is 42.5 Å². The molecular weight excluding hydrogens is 316 g/mol. The second-order valence-corrected chi connectivity index (χ2v) is 7.08. The van der Waals surface area contributed by atoms with Crippen LogP contribution in [0.5, 0.6) is 5.75 Å². The summed E-state index contributed by atoms with van der Waals surface area (Å²) in [6.45, 7) is 2.53. The molecule has 25 heavy (non-hydrogen) atoms. The number of aliphatic hydroxyl groups is 1. The Morgan fingerprint density at radius 3 is 2.64 bits per heavy atom. The maximum absolute atomic E-state index is 10.2. The van der Waals surface area contributed by atoms with Gasteiger partial charge in [-0.3, -0.25) is 0 Å². The molecule has 2 aromatic rings. The minimum Gasteiger partial charge on any atom is -0.497 e. The van der Waals surface area contributed by atoms with Gasteiger partial charge < -0.3 is 19.3 Å². The lowest BCUT2D eigenvalue weighted by atomic mass is 9.90. The van der Waals surface area contributed by atoms with Crippen LogP contribution < -0.4 is 4.74 Å². The normalized spacial score (nSPS) is 28.1. The van der Waals surface area contributed by atoms with Gasteiger partial charge in [0.25, 0.3) is 0 Å². The number of hydrogen-bond donors (Lipinski definition) is 1. The molecular formula is C21H24O4. The van der Waals surface area contributed by atoms with Gasteiger partial charge in [0.2, 0.25) is 0 Å². The Kier molecular flexibility index (Phi) is 4.28. The average molecular weight is 340 g/mol. The van der Waals surface area contributed by atoms with Gasteiger partial charge in [0.05, 0.1) is 25.9 Å². The van der Waals surface area contributed by atoms with E-state index < -0.39 is 5.79 Å². The van der Waals surface area contributed by atoms with Gasteiger partial charge in [0, 0.05) is 12.0 Å². The van der Waals surface area contributed by atoms with Crippen LogP contribution in [0.2, 0.25) is 0 Å². The van der Waals surface area contributed by atoms with E-state index in [9.17, 15) is 5.11 Å². The van der Waals surface area contributed by atoms with Crippen LogP contribution in [0.4, 0.5) is 0 Å². The second kappa shape index (κ2) is 6.45. The van der Waals surface area contributed by atoms with Crippen molar-refractivity contribution in [3.05, 3.63) is 64.7 Å². The molecule has 2 aromatic carbocycles. The molecule has 4 rings (SSSR count). The van der Waals surface area contributed by atoms with E-state index in [0.717, 1.165) is 23.3 Å². The summed E-state index contributed by atoms with van der Waals surface area (Å²) in [7, 11) is 1.68. The van der Waals surface area contributed by atoms with Crippen molar-refractivity contribution in [3.63, 3.8) is 0 Å². The predicted molar refractivity (Wildman–Crippen MR) is 94.5 cm³/mol. The second-order valence-electron chi connectivity index (χ2n) is 7.08. The van der Waals surface area contributed by atoms with E-state index in [1.165, 1.54) is 11.1 Å². The summed E-state index contributed by atoms with van der Waals surface area (Å²) in [4.78, 5) is 0. The minimum atomic E-state index is -0.789. The Hall–Kier alpha value is -1.88. The van der Waals surface area contributed by atoms with Gasteiger partial charge in [-0.1, -0.05) is 24.3 Å². The van der Waals surface area contributed by atoms with E-state index in [-0.39, 0.29) is 12.2 Å². The van der Waals surface area contributed by atoms with Gasteiger partial charge >= 0.3 is 0 Å². The number of hydrogen-bond acceptors (Lipinski definition) is 4. The molecule has 3 atom stereocenters. The van der Waals surface area contributed by atoms with Gasteiger partial charge in [-0.25, -0.2) is 0 Å². The summed E-state index contributed by atoms with van der Waals surface area (Å²) in [5.74, 6) is 0.0751. The van der Waals surface area contributed by atoms with Gasteiger partial charge in [-0.2, -0.15) is 0 Å². The van der Waals surface area contributed by atoms with E-state index in [1.54, 1.807) is 7.11 Å². The van der Waals surface area contributed by atoms with Crippen molar-refractivity contribution >= 4 is 0 Å². The Bertz CT molecular complexity index is 743. The van der Waals surface area contributed by atoms with E-state index in [2.05, 4.69) is 30.3 Å². The fraction of sp³-hybridized carbons (Fsp3) is 0.429. The molecule has 132 valence electrons. The molecule has 4 heteroatoms. The Labute approximate surface area is 148 Å². The van der Waals surface area contributed by atoms with Crippen molar-refractivity contribution in [3.8, 4) is 5.75 Å². The zero-order valence-electron chi connectivity index (χ0n) is 14.7. The quantitative estimate of drug-likeness (QED) is 0.929. The summed E-state index contributed by atoms with van der Waals surface area (Å²) in [6, 6.07) is 14.6. The van der Waals surface area contributed by atoms with Crippen molar-refractivity contribution < 1.29 is 19.3 Å². The van der Waals surface area contributed by atoms with Gasteiger partial charge in [-0.05, 0) is 54.7 Å². The van der Waals surface area contributed by atoms with Crippen LogP contribution in [0.1, 0.15) is 42.0 Å². The molecule has 1 fully saturated rings. The summed E-state index contributed by atoms with van der Waals surface area (Å²) in [6.07, 6.45) is 1.59. The molecule has 2 unspecified atom stereocenters. The zero-order chi connectivity index (χ0) is 17.4. The third kappa shape index (κ3) is 3.17. The first-order valence-corrected chi connectivity index (χ1v) is 8.83. The smallest absolute Gasteiger partial charge is 0.198 e. The number of aliphatic hydroxyl groups excluding tert-OH is 1. The summed E-state index contributed by atoms with van der Waals surface area (Å²) < 4.78 is 17.4. The third-order valence-corrected chi connectivity index (χ3v) is 5.11. The molecule has 0 aliphatic carbocycles. The first kappa shape index (κ1) is 16.6. The molecule has 0 aromatic heterocycles. The highest BCUT2D eigenvalue weighted by molar-refractivity contribution is 5.40. The zero-order valence-corrected chi connectivity index (χ0v) is 14.7. The number of rotatable bonds is 3. The monoisotopic (exact) mass is 340 g/mol. The average Bonchev–Trinajstić information content (AvgIpc) is 2.92. The molecule has 0 radical (unpaired) electrons. The maximum atomic E-state index is 10.2. The summed E-state index contributed by atoms with van der Waals surface area (Å²) in [5.41, 5.74) is 4.67. The molecule has 1 saturated heterocycles. The lowest BCUT2D eigenvalue weighted by Crippen LogP contribution is -2.43. The van der Waals surface area contributed by atoms with Crippen LogP contribution in [-0.2, 0) is 28.3 Å². The Morgan fingerprint density at radius 2 is 1.92 bits per heavy atom. The van der Waals surface area contributed by atoms with E-state index in [4.69, 9.17) is 14.2 Å². The molecule has 0 saturated carbocycles. The third-order valence-electron chi connectivity index (χ3n) is 5.11. The van der Waals surface area contributed by atoms with Crippen molar-refractivity contribution in [2.75, 3.05) is 7.11 Å². The number of benzene rings is 2. The lowest BCUT2D eigenvalue weighted by molar-refractivity contribution is -0.295. The molecule has 1 spiro atoms. The van der Waals surface area contributed by atoms with Crippen LogP contribution in [0.25, 0.3) is 0 Å². The van der Waals surface area contributed by atoms with Crippen LogP contribution in [0, 0.1) is 0 Å². The standard InChI is InChI=1S/C21H24O4/c1-14-9-18(22)12-21(25-14)20-11-16(3-6-17(20)13-24-21)10-15-4-7-19(23-2)8-5-15/h3-8,11,14,18,22H,9-10,12-13H2,1-2H3/t14?,18?,21-/m1/s1. The van der Waals surface area contributed by atoms with Gasteiger partial charge in [-0.15, -0.1) is 0 Å². The highest BCUT2D eigenvalue weighted by Crippen LogP contribution is 2.45. The predicted octanol–water partition coefficient (Wildman–Crippen LogP) is 3.53. The Balaban J connectivity index is 1.61. The highest BCUT2D eigenvalue weighted by Gasteiger charge is 2.47. The molecule has 4 nitrogen and oxygen atoms in total. The van der Waals surface area contributed by atoms with Crippen molar-refractivity contribution in [1.29, 1.82) is 0 Å². The van der Waals surface area contributed by atoms with Crippen molar-refractivity contribution in [2.24, 2.45) is 0 Å². The lowest BCUT2D eigenvalue weighted by Gasteiger charge is -2.39. The molecule has 2 aliphatic heterocycles. The van der Waals surface area contributed by atoms with Crippen molar-refractivity contribution in [1.82, 2.24) is 0 Å². The van der Waals surface area contributed by atoms with Crippen LogP contribution in [0.3, 0.4) is 0 Å². The fourth-order valence-corrected chi connectivity index (χ4v) is 3.93. The largest absolute Gasteiger partial charge is 0.497 e. The fourth-order valence-electron chi connectivity index (χ4n) is 3.93. The number of methoxy groups -OCH3 is 1.